The second-order valence-electron chi connectivity index (χ2n) is 5.15. The zero-order valence-electron chi connectivity index (χ0n) is 10.8. The molecule has 2 aromatic heterocycles. The molecule has 3 N–H and O–H groups in total. The van der Waals surface area contributed by atoms with Crippen LogP contribution in [0.4, 0.5) is 5.82 Å². The number of aryl methyl sites for hydroxylation is 1. The number of H-pyrrole nitrogens is 2. The van der Waals surface area contributed by atoms with E-state index in [4.69, 9.17) is 0 Å². The van der Waals surface area contributed by atoms with Crippen molar-refractivity contribution < 1.29 is 4.79 Å². The van der Waals surface area contributed by atoms with Gasteiger partial charge in [0.15, 0.2) is 5.82 Å². The van der Waals surface area contributed by atoms with E-state index >= 15 is 0 Å². The Balaban J connectivity index is 2.12. The summed E-state index contributed by atoms with van der Waals surface area (Å²) in [5, 5.41) is 15.9. The third-order valence-corrected chi connectivity index (χ3v) is 2.35. The monoisotopic (exact) mass is 248 g/mol. The van der Waals surface area contributed by atoms with Gasteiger partial charge in [-0.05, 0) is 6.92 Å². The number of hydrogen-bond acceptors (Lipinski definition) is 4. The second kappa shape index (κ2) is 4.25. The van der Waals surface area contributed by atoms with Gasteiger partial charge in [-0.25, -0.2) is 4.98 Å². The summed E-state index contributed by atoms with van der Waals surface area (Å²) in [6.45, 7) is 7.83. The van der Waals surface area contributed by atoms with Crippen molar-refractivity contribution in [3.05, 3.63) is 23.4 Å². The van der Waals surface area contributed by atoms with Gasteiger partial charge in [-0.3, -0.25) is 15.0 Å². The highest BCUT2D eigenvalue weighted by atomic mass is 16.2. The molecular formula is C11H16N6O. The fourth-order valence-electron chi connectivity index (χ4n) is 1.35. The predicted molar refractivity (Wildman–Crippen MR) is 66.4 cm³/mol. The van der Waals surface area contributed by atoms with E-state index in [1.165, 1.54) is 0 Å². The minimum atomic E-state index is -0.381. The average Bonchev–Trinajstić information content (AvgIpc) is 2.85. The molecule has 0 atom stereocenters. The lowest BCUT2D eigenvalue weighted by molar-refractivity contribution is 0.101. The first-order chi connectivity index (χ1) is 8.36. The molecule has 0 saturated heterocycles. The molecule has 0 aliphatic heterocycles. The van der Waals surface area contributed by atoms with Crippen LogP contribution in [0.3, 0.4) is 0 Å². The summed E-state index contributed by atoms with van der Waals surface area (Å²) in [5.41, 5.74) is 0.699. The molecule has 0 saturated carbocycles. The molecule has 0 aliphatic carbocycles. The van der Waals surface area contributed by atoms with Crippen LogP contribution in [0.1, 0.15) is 42.9 Å². The molecule has 0 aliphatic rings. The first kappa shape index (κ1) is 12.3. The van der Waals surface area contributed by atoms with Gasteiger partial charge in [0.05, 0.1) is 0 Å². The molecule has 0 unspecified atom stereocenters. The maximum absolute atomic E-state index is 11.9. The molecule has 96 valence electrons. The van der Waals surface area contributed by atoms with Crippen LogP contribution in [-0.4, -0.2) is 31.3 Å². The first-order valence-corrected chi connectivity index (χ1v) is 5.62. The van der Waals surface area contributed by atoms with Crippen LogP contribution < -0.4 is 5.32 Å². The largest absolute Gasteiger partial charge is 0.302 e. The number of carbonyl (C=O) groups is 1. The van der Waals surface area contributed by atoms with E-state index in [0.29, 0.717) is 11.6 Å². The van der Waals surface area contributed by atoms with Gasteiger partial charge in [-0.15, -0.1) is 5.10 Å². The molecule has 2 rings (SSSR count). The van der Waals surface area contributed by atoms with Crippen molar-refractivity contribution in [2.75, 3.05) is 5.32 Å². The van der Waals surface area contributed by atoms with Crippen LogP contribution in [0.15, 0.2) is 6.07 Å². The zero-order chi connectivity index (χ0) is 13.3. The Kier molecular flexibility index (Phi) is 2.90. The van der Waals surface area contributed by atoms with E-state index in [1.54, 1.807) is 6.07 Å². The number of aromatic amines is 2. The second-order valence-corrected chi connectivity index (χ2v) is 5.15. The van der Waals surface area contributed by atoms with Gasteiger partial charge in [-0.2, -0.15) is 5.10 Å². The van der Waals surface area contributed by atoms with Crippen molar-refractivity contribution in [2.45, 2.75) is 33.1 Å². The Morgan fingerprint density at radius 2 is 2.00 bits per heavy atom. The number of rotatable bonds is 2. The van der Waals surface area contributed by atoms with E-state index in [9.17, 15) is 4.79 Å². The fraction of sp³-hybridized carbons (Fsp3) is 0.455. The summed E-state index contributed by atoms with van der Waals surface area (Å²) in [7, 11) is 0. The smallest absolute Gasteiger partial charge is 0.296 e. The van der Waals surface area contributed by atoms with E-state index in [-0.39, 0.29) is 17.1 Å². The van der Waals surface area contributed by atoms with E-state index in [0.717, 1.165) is 5.69 Å². The van der Waals surface area contributed by atoms with E-state index in [1.807, 2.05) is 27.7 Å². The molecule has 0 bridgehead atoms. The first-order valence-electron chi connectivity index (χ1n) is 5.62. The molecule has 0 aromatic carbocycles. The fourth-order valence-corrected chi connectivity index (χ4v) is 1.35. The van der Waals surface area contributed by atoms with Crippen molar-refractivity contribution in [1.29, 1.82) is 0 Å². The van der Waals surface area contributed by atoms with Gasteiger partial charge in [0.1, 0.15) is 5.82 Å². The third-order valence-electron chi connectivity index (χ3n) is 2.35. The Labute approximate surface area is 104 Å². The summed E-state index contributed by atoms with van der Waals surface area (Å²) in [6.07, 6.45) is 0. The molecule has 0 spiro atoms. The van der Waals surface area contributed by atoms with Gasteiger partial charge < -0.3 is 5.32 Å². The Morgan fingerprint density at radius 1 is 1.28 bits per heavy atom. The highest BCUT2D eigenvalue weighted by molar-refractivity contribution is 6.00. The Hall–Kier alpha value is -2.18. The molecule has 0 radical (unpaired) electrons. The molecule has 7 nitrogen and oxygen atoms in total. The van der Waals surface area contributed by atoms with Gasteiger partial charge in [0.2, 0.25) is 5.82 Å². The summed E-state index contributed by atoms with van der Waals surface area (Å²) in [6, 6.07) is 1.73. The molecule has 2 heterocycles. The topological polar surface area (TPSA) is 99.3 Å². The zero-order valence-corrected chi connectivity index (χ0v) is 10.8. The Bertz CT molecular complexity index is 562. The molecule has 18 heavy (non-hydrogen) atoms. The van der Waals surface area contributed by atoms with Crippen LogP contribution in [-0.2, 0) is 5.41 Å². The highest BCUT2D eigenvalue weighted by Crippen LogP contribution is 2.17. The number of nitrogens with zero attached hydrogens (tertiary/aromatic N) is 3. The van der Waals surface area contributed by atoms with Gasteiger partial charge in [0.25, 0.3) is 5.91 Å². The van der Waals surface area contributed by atoms with Gasteiger partial charge in [0, 0.05) is 17.2 Å². The molecule has 2 aromatic rings. The summed E-state index contributed by atoms with van der Waals surface area (Å²) < 4.78 is 0. The minimum absolute atomic E-state index is 0.112. The number of anilines is 1. The lowest BCUT2D eigenvalue weighted by atomic mass is 9.96. The highest BCUT2D eigenvalue weighted by Gasteiger charge is 2.21. The van der Waals surface area contributed by atoms with Crippen LogP contribution in [0, 0.1) is 6.92 Å². The van der Waals surface area contributed by atoms with E-state index in [2.05, 4.69) is 30.7 Å². The maximum Gasteiger partial charge on any atom is 0.296 e. The number of hydrogen-bond donors (Lipinski definition) is 3. The van der Waals surface area contributed by atoms with Crippen LogP contribution in [0.25, 0.3) is 0 Å². The maximum atomic E-state index is 11.9. The number of carbonyl (C=O) groups excluding carboxylic acids is 1. The number of aromatic nitrogens is 5. The molecular weight excluding hydrogens is 232 g/mol. The van der Waals surface area contributed by atoms with Crippen molar-refractivity contribution >= 4 is 11.7 Å². The summed E-state index contributed by atoms with van der Waals surface area (Å²) in [4.78, 5) is 16.0. The number of nitrogens with one attached hydrogen (secondary N) is 3. The van der Waals surface area contributed by atoms with Crippen LogP contribution in [0.2, 0.25) is 0 Å². The van der Waals surface area contributed by atoms with Gasteiger partial charge >= 0.3 is 0 Å². The lowest BCUT2D eigenvalue weighted by Gasteiger charge is -2.12. The van der Waals surface area contributed by atoms with Crippen molar-refractivity contribution in [3.63, 3.8) is 0 Å². The standard InChI is InChI=1S/C11H16N6O/c1-6-5-7(15-14-6)12-9(18)8-13-10(17-16-8)11(2,3)4/h5H,1-4H3,(H,13,16,17)(H2,12,14,15,18). The SMILES string of the molecule is Cc1cc(NC(=O)c2n[nH]c(C(C)(C)C)n2)n[nH]1. The Morgan fingerprint density at radius 3 is 2.50 bits per heavy atom. The number of amides is 1. The normalized spacial score (nSPS) is 11.6. The average molecular weight is 248 g/mol. The van der Waals surface area contributed by atoms with Gasteiger partial charge in [-0.1, -0.05) is 20.8 Å². The van der Waals surface area contributed by atoms with Crippen molar-refractivity contribution in [1.82, 2.24) is 25.4 Å². The van der Waals surface area contributed by atoms with Crippen LogP contribution >= 0.6 is 0 Å². The quantitative estimate of drug-likeness (QED) is 0.747. The predicted octanol–water partition coefficient (Wildman–Crippen LogP) is 1.39. The van der Waals surface area contributed by atoms with Crippen LogP contribution in [0.5, 0.6) is 0 Å². The lowest BCUT2D eigenvalue weighted by Crippen LogP contribution is -2.16. The van der Waals surface area contributed by atoms with Crippen molar-refractivity contribution in [2.24, 2.45) is 0 Å². The van der Waals surface area contributed by atoms with Crippen molar-refractivity contribution in [3.8, 4) is 0 Å². The molecule has 1 amide bonds. The summed E-state index contributed by atoms with van der Waals surface area (Å²) in [5.74, 6) is 0.860. The van der Waals surface area contributed by atoms with E-state index < -0.39 is 0 Å². The minimum Gasteiger partial charge on any atom is -0.302 e. The third kappa shape index (κ3) is 2.55. The molecule has 7 heteroatoms. The summed E-state index contributed by atoms with van der Waals surface area (Å²) >= 11 is 0. The molecule has 0 fully saturated rings.